The van der Waals surface area contributed by atoms with Crippen LogP contribution in [0.2, 0.25) is 0 Å². The van der Waals surface area contributed by atoms with Crippen LogP contribution in [0.15, 0.2) is 84.1 Å². The second kappa shape index (κ2) is 10.3. The van der Waals surface area contributed by atoms with Crippen molar-refractivity contribution in [2.45, 2.75) is 19.9 Å². The zero-order chi connectivity index (χ0) is 23.0. The van der Waals surface area contributed by atoms with Crippen molar-refractivity contribution in [1.82, 2.24) is 9.99 Å². The highest BCUT2D eigenvalue weighted by atomic mass is 16.5. The first-order valence-corrected chi connectivity index (χ1v) is 10.8. The van der Waals surface area contributed by atoms with Gasteiger partial charge in [0.25, 0.3) is 0 Å². The third-order valence-electron chi connectivity index (χ3n) is 5.25. The number of carbonyl (C=O) groups excluding carboxylic acids is 1. The van der Waals surface area contributed by atoms with Crippen molar-refractivity contribution >= 4 is 23.0 Å². The monoisotopic (exact) mass is 436 g/mol. The Balaban J connectivity index is 1.44. The minimum absolute atomic E-state index is 0.184. The van der Waals surface area contributed by atoms with Crippen LogP contribution in [0.25, 0.3) is 10.9 Å². The van der Waals surface area contributed by atoms with Gasteiger partial charge in [0, 0.05) is 29.2 Å². The van der Waals surface area contributed by atoms with Gasteiger partial charge in [-0.2, -0.15) is 10.4 Å². The fourth-order valence-corrected chi connectivity index (χ4v) is 3.66. The molecule has 0 fully saturated rings. The lowest BCUT2D eigenvalue weighted by Crippen LogP contribution is -2.19. The number of fused-ring (bicyclic) bond motifs is 1. The fourth-order valence-electron chi connectivity index (χ4n) is 3.66. The number of ether oxygens (including phenoxy) is 1. The Bertz CT molecular complexity index is 1310. The van der Waals surface area contributed by atoms with Crippen LogP contribution in [-0.4, -0.2) is 23.3 Å². The summed E-state index contributed by atoms with van der Waals surface area (Å²) in [6.45, 7) is 3.21. The number of hydrazone groups is 1. The van der Waals surface area contributed by atoms with Gasteiger partial charge in [-0.1, -0.05) is 42.5 Å². The smallest absolute Gasteiger partial charge is 0.244 e. The average molecular weight is 437 g/mol. The third-order valence-corrected chi connectivity index (χ3v) is 5.25. The van der Waals surface area contributed by atoms with E-state index < -0.39 is 0 Å². The number of aromatic nitrogens is 1. The van der Waals surface area contributed by atoms with Crippen molar-refractivity contribution in [3.8, 4) is 11.8 Å². The average Bonchev–Trinajstić information content (AvgIpc) is 3.18. The summed E-state index contributed by atoms with van der Waals surface area (Å²) in [5, 5.41) is 14.2. The standard InChI is InChI=1S/C27H24N4O2/c1-2-33-24-13-11-20(12-14-24)15-27(32)30-29-17-23-19-31(26-6-4-3-5-25(23)26)18-22-9-7-21(16-28)8-10-22/h3-14,17,19H,2,15,18H2,1H3,(H,30,32)/b29-17-. The number of amides is 1. The molecule has 1 amide bonds. The molecule has 0 atom stereocenters. The van der Waals surface area contributed by atoms with Crippen molar-refractivity contribution < 1.29 is 9.53 Å². The van der Waals surface area contributed by atoms with Crippen LogP contribution in [0, 0.1) is 11.3 Å². The number of benzene rings is 3. The summed E-state index contributed by atoms with van der Waals surface area (Å²) in [6, 6.07) is 25.3. The van der Waals surface area contributed by atoms with Crippen LogP contribution < -0.4 is 10.2 Å². The lowest BCUT2D eigenvalue weighted by atomic mass is 10.1. The van der Waals surface area contributed by atoms with Crippen molar-refractivity contribution in [2.24, 2.45) is 5.10 Å². The SMILES string of the molecule is CCOc1ccc(CC(=O)N/N=C\c2cn(Cc3ccc(C#N)cc3)c3ccccc23)cc1. The fraction of sp³-hybridized carbons (Fsp3) is 0.148. The van der Waals surface area contributed by atoms with Gasteiger partial charge in [-0.25, -0.2) is 5.43 Å². The lowest BCUT2D eigenvalue weighted by molar-refractivity contribution is -0.120. The van der Waals surface area contributed by atoms with Gasteiger partial charge in [-0.3, -0.25) is 4.79 Å². The first-order chi connectivity index (χ1) is 16.2. The van der Waals surface area contributed by atoms with Gasteiger partial charge in [0.1, 0.15) is 5.75 Å². The predicted molar refractivity (Wildman–Crippen MR) is 129 cm³/mol. The maximum absolute atomic E-state index is 12.3. The van der Waals surface area contributed by atoms with Crippen molar-refractivity contribution in [3.05, 3.63) is 101 Å². The number of hydrogen-bond donors (Lipinski definition) is 1. The number of nitrogens with zero attached hydrogens (tertiary/aromatic N) is 3. The predicted octanol–water partition coefficient (Wildman–Crippen LogP) is 4.65. The molecule has 0 saturated heterocycles. The van der Waals surface area contributed by atoms with Crippen LogP contribution in [0.5, 0.6) is 5.75 Å². The number of hydrogen-bond acceptors (Lipinski definition) is 4. The molecule has 3 aromatic carbocycles. The van der Waals surface area contributed by atoms with E-state index in [0.717, 1.165) is 33.3 Å². The van der Waals surface area contributed by atoms with Gasteiger partial charge in [0.05, 0.1) is 30.9 Å². The summed E-state index contributed by atoms with van der Waals surface area (Å²) in [5.74, 6) is 0.605. The molecular formula is C27H24N4O2. The minimum Gasteiger partial charge on any atom is -0.494 e. The molecule has 0 spiro atoms. The van der Waals surface area contributed by atoms with E-state index in [-0.39, 0.29) is 12.3 Å². The molecule has 0 unspecified atom stereocenters. The van der Waals surface area contributed by atoms with Crippen molar-refractivity contribution in [2.75, 3.05) is 6.61 Å². The Kier molecular flexibility index (Phi) is 6.81. The molecule has 0 bridgehead atoms. The van der Waals surface area contributed by atoms with Crippen LogP contribution in [0.1, 0.15) is 29.2 Å². The van der Waals surface area contributed by atoms with E-state index in [4.69, 9.17) is 10.00 Å². The highest BCUT2D eigenvalue weighted by molar-refractivity contribution is 5.99. The van der Waals surface area contributed by atoms with E-state index in [1.807, 2.05) is 79.9 Å². The van der Waals surface area contributed by atoms with E-state index in [1.165, 1.54) is 0 Å². The van der Waals surface area contributed by atoms with E-state index in [9.17, 15) is 4.79 Å². The molecule has 0 aliphatic rings. The number of carbonyl (C=O) groups is 1. The molecule has 1 aromatic heterocycles. The van der Waals surface area contributed by atoms with Gasteiger partial charge in [-0.15, -0.1) is 0 Å². The summed E-state index contributed by atoms with van der Waals surface area (Å²) < 4.78 is 7.56. The summed E-state index contributed by atoms with van der Waals surface area (Å²) in [6.07, 6.45) is 3.93. The summed E-state index contributed by atoms with van der Waals surface area (Å²) in [7, 11) is 0. The highest BCUT2D eigenvalue weighted by Crippen LogP contribution is 2.21. The molecule has 6 heteroatoms. The Labute approximate surface area is 192 Å². The molecule has 6 nitrogen and oxygen atoms in total. The quantitative estimate of drug-likeness (QED) is 0.322. The largest absolute Gasteiger partial charge is 0.494 e. The number of nitrogens with one attached hydrogen (secondary N) is 1. The van der Waals surface area contributed by atoms with E-state index in [2.05, 4.69) is 27.2 Å². The highest BCUT2D eigenvalue weighted by Gasteiger charge is 2.08. The normalized spacial score (nSPS) is 10.9. The molecule has 0 saturated carbocycles. The summed E-state index contributed by atoms with van der Waals surface area (Å²) in [4.78, 5) is 12.3. The molecular weight excluding hydrogens is 412 g/mol. The lowest BCUT2D eigenvalue weighted by Gasteiger charge is -2.05. The van der Waals surface area contributed by atoms with Crippen LogP contribution in [-0.2, 0) is 17.8 Å². The van der Waals surface area contributed by atoms with Gasteiger partial charge < -0.3 is 9.30 Å². The van der Waals surface area contributed by atoms with Crippen LogP contribution in [0.3, 0.4) is 0 Å². The maximum atomic E-state index is 12.3. The van der Waals surface area contributed by atoms with Gasteiger partial charge in [0.15, 0.2) is 0 Å². The second-order valence-corrected chi connectivity index (χ2v) is 7.59. The summed E-state index contributed by atoms with van der Waals surface area (Å²) in [5.41, 5.74) is 7.24. The molecule has 0 radical (unpaired) electrons. The first kappa shape index (κ1) is 21.8. The van der Waals surface area contributed by atoms with Crippen molar-refractivity contribution in [1.29, 1.82) is 5.26 Å². The topological polar surface area (TPSA) is 79.4 Å². The Hall–Kier alpha value is -4.37. The summed E-state index contributed by atoms with van der Waals surface area (Å²) >= 11 is 0. The molecule has 33 heavy (non-hydrogen) atoms. The van der Waals surface area contributed by atoms with Gasteiger partial charge in [-0.05, 0) is 48.4 Å². The molecule has 1 heterocycles. The van der Waals surface area contributed by atoms with E-state index in [1.54, 1.807) is 6.21 Å². The van der Waals surface area contributed by atoms with Gasteiger partial charge in [0.2, 0.25) is 5.91 Å². The first-order valence-electron chi connectivity index (χ1n) is 10.8. The molecule has 1 N–H and O–H groups in total. The zero-order valence-electron chi connectivity index (χ0n) is 18.4. The van der Waals surface area contributed by atoms with Crippen molar-refractivity contribution in [3.63, 3.8) is 0 Å². The Morgan fingerprint density at radius 1 is 1.06 bits per heavy atom. The van der Waals surface area contributed by atoms with Gasteiger partial charge >= 0.3 is 0 Å². The number of nitriles is 1. The van der Waals surface area contributed by atoms with Crippen LogP contribution in [0.4, 0.5) is 0 Å². The third kappa shape index (κ3) is 5.46. The minimum atomic E-state index is -0.184. The van der Waals surface area contributed by atoms with E-state index in [0.29, 0.717) is 18.7 Å². The van der Waals surface area contributed by atoms with Crippen LogP contribution >= 0.6 is 0 Å². The Morgan fingerprint density at radius 2 is 1.79 bits per heavy atom. The molecule has 4 rings (SSSR count). The number of rotatable bonds is 8. The number of para-hydroxylation sites is 1. The molecule has 164 valence electrons. The second-order valence-electron chi connectivity index (χ2n) is 7.59. The maximum Gasteiger partial charge on any atom is 0.244 e. The van der Waals surface area contributed by atoms with E-state index >= 15 is 0 Å². The molecule has 4 aromatic rings. The Morgan fingerprint density at radius 3 is 2.52 bits per heavy atom. The molecule has 0 aliphatic carbocycles. The zero-order valence-corrected chi connectivity index (χ0v) is 18.4. The molecule has 0 aliphatic heterocycles.